The van der Waals surface area contributed by atoms with Crippen LogP contribution in [-0.4, -0.2) is 43.8 Å². The minimum absolute atomic E-state index is 0.0223. The van der Waals surface area contributed by atoms with Crippen molar-refractivity contribution >= 4 is 62.3 Å². The second-order valence-electron chi connectivity index (χ2n) is 9.57. The number of carbonyl (C=O) groups excluding carboxylic acids is 2. The monoisotopic (exact) mass is 623 g/mol. The number of aryl methyl sites for hydroxylation is 1. The highest BCUT2D eigenvalue weighted by Gasteiger charge is 2.33. The molecular formula is C29H32Cl3N3O4S. The Morgan fingerprint density at radius 1 is 0.925 bits per heavy atom. The molecule has 3 aromatic rings. The van der Waals surface area contributed by atoms with E-state index in [0.717, 1.165) is 9.87 Å². The quantitative estimate of drug-likeness (QED) is 0.265. The van der Waals surface area contributed by atoms with Crippen LogP contribution in [0.3, 0.4) is 0 Å². The molecule has 214 valence electrons. The van der Waals surface area contributed by atoms with Gasteiger partial charge in [-0.1, -0.05) is 71.6 Å². The summed E-state index contributed by atoms with van der Waals surface area (Å²) < 4.78 is 28.8. The maximum Gasteiger partial charge on any atom is 0.264 e. The van der Waals surface area contributed by atoms with Gasteiger partial charge in [0.05, 0.1) is 15.6 Å². The molecule has 3 aromatic carbocycles. The molecule has 1 N–H and O–H groups in total. The maximum absolute atomic E-state index is 14.0. The summed E-state index contributed by atoms with van der Waals surface area (Å²) >= 11 is 18.8. The fourth-order valence-electron chi connectivity index (χ4n) is 3.91. The molecule has 0 saturated carbocycles. The standard InChI is InChI=1S/C29H32Cl3N3O4S/c1-5-20(3)33-29(37)21(4)34(17-22-7-6-8-23(30)15-22)28(36)18-35(27-16-24(31)11-14-26(27)32)40(38,39)25-12-9-19(2)10-13-25/h6-16,20-21H,5,17-18H2,1-4H3,(H,33,37)/t20-,21+/m0/s1. The van der Waals surface area contributed by atoms with Crippen LogP contribution < -0.4 is 9.62 Å². The van der Waals surface area contributed by atoms with Gasteiger partial charge in [0.15, 0.2) is 0 Å². The molecule has 0 aliphatic heterocycles. The van der Waals surface area contributed by atoms with Gasteiger partial charge in [0.25, 0.3) is 10.0 Å². The molecule has 0 aliphatic rings. The molecule has 11 heteroatoms. The Morgan fingerprint density at radius 2 is 1.57 bits per heavy atom. The number of sulfonamides is 1. The normalized spacial score (nSPS) is 12.9. The van der Waals surface area contributed by atoms with Gasteiger partial charge < -0.3 is 10.2 Å². The van der Waals surface area contributed by atoms with Crippen LogP contribution in [0.15, 0.2) is 71.6 Å². The van der Waals surface area contributed by atoms with Crippen molar-refractivity contribution in [3.63, 3.8) is 0 Å². The van der Waals surface area contributed by atoms with E-state index in [9.17, 15) is 18.0 Å². The van der Waals surface area contributed by atoms with Crippen LogP contribution in [0, 0.1) is 6.92 Å². The topological polar surface area (TPSA) is 86.8 Å². The van der Waals surface area contributed by atoms with Crippen LogP contribution in [0.1, 0.15) is 38.3 Å². The molecule has 40 heavy (non-hydrogen) atoms. The summed E-state index contributed by atoms with van der Waals surface area (Å²) in [7, 11) is -4.27. The van der Waals surface area contributed by atoms with Gasteiger partial charge in [0.1, 0.15) is 12.6 Å². The van der Waals surface area contributed by atoms with Gasteiger partial charge in [-0.2, -0.15) is 0 Å². The van der Waals surface area contributed by atoms with Crippen molar-refractivity contribution in [2.75, 3.05) is 10.8 Å². The molecule has 0 unspecified atom stereocenters. The first-order valence-corrected chi connectivity index (χ1v) is 15.3. The Kier molecular flexibility index (Phi) is 10.9. The number of anilines is 1. The molecule has 0 bridgehead atoms. The lowest BCUT2D eigenvalue weighted by Gasteiger charge is -2.32. The molecule has 7 nitrogen and oxygen atoms in total. The number of halogens is 3. The van der Waals surface area contributed by atoms with Gasteiger partial charge in [0.2, 0.25) is 11.8 Å². The lowest BCUT2D eigenvalue weighted by atomic mass is 10.1. The van der Waals surface area contributed by atoms with Gasteiger partial charge in [-0.25, -0.2) is 8.42 Å². The molecule has 0 spiro atoms. The molecular weight excluding hydrogens is 593 g/mol. The van der Waals surface area contributed by atoms with E-state index in [-0.39, 0.29) is 39.1 Å². The lowest BCUT2D eigenvalue weighted by molar-refractivity contribution is -0.139. The predicted octanol–water partition coefficient (Wildman–Crippen LogP) is 6.48. The van der Waals surface area contributed by atoms with Crippen LogP contribution in [0.2, 0.25) is 15.1 Å². The molecule has 0 heterocycles. The van der Waals surface area contributed by atoms with Crippen LogP contribution in [0.4, 0.5) is 5.69 Å². The molecule has 0 aromatic heterocycles. The minimum Gasteiger partial charge on any atom is -0.352 e. The van der Waals surface area contributed by atoms with E-state index in [0.29, 0.717) is 17.0 Å². The van der Waals surface area contributed by atoms with Crippen molar-refractivity contribution in [2.24, 2.45) is 0 Å². The van der Waals surface area contributed by atoms with E-state index in [2.05, 4.69) is 5.32 Å². The summed E-state index contributed by atoms with van der Waals surface area (Å²) in [5.74, 6) is -0.975. The van der Waals surface area contributed by atoms with E-state index < -0.39 is 28.5 Å². The fraction of sp³-hybridized carbons (Fsp3) is 0.310. The number of nitrogens with zero attached hydrogens (tertiary/aromatic N) is 2. The average Bonchev–Trinajstić information content (AvgIpc) is 2.91. The lowest BCUT2D eigenvalue weighted by Crippen LogP contribution is -2.52. The molecule has 3 rings (SSSR count). The first kappa shape index (κ1) is 31.7. The van der Waals surface area contributed by atoms with Crippen LogP contribution in [-0.2, 0) is 26.2 Å². The van der Waals surface area contributed by atoms with E-state index >= 15 is 0 Å². The second kappa shape index (κ2) is 13.7. The minimum atomic E-state index is -4.27. The third-order valence-corrected chi connectivity index (χ3v) is 9.04. The van der Waals surface area contributed by atoms with Gasteiger partial charge in [0, 0.05) is 22.6 Å². The number of amides is 2. The number of nitrogens with one attached hydrogen (secondary N) is 1. The van der Waals surface area contributed by atoms with E-state index in [4.69, 9.17) is 34.8 Å². The van der Waals surface area contributed by atoms with Crippen LogP contribution >= 0.6 is 34.8 Å². The summed E-state index contributed by atoms with van der Waals surface area (Å²) in [6, 6.07) is 16.5. The number of rotatable bonds is 11. The molecule has 2 amide bonds. The molecule has 0 saturated heterocycles. The average molecular weight is 625 g/mol. The van der Waals surface area contributed by atoms with Crippen molar-refractivity contribution in [2.45, 2.75) is 57.6 Å². The van der Waals surface area contributed by atoms with Crippen molar-refractivity contribution in [3.05, 3.63) is 92.9 Å². The van der Waals surface area contributed by atoms with E-state index in [1.165, 1.54) is 35.2 Å². The van der Waals surface area contributed by atoms with Crippen LogP contribution in [0.5, 0.6) is 0 Å². The maximum atomic E-state index is 14.0. The van der Waals surface area contributed by atoms with Crippen molar-refractivity contribution in [1.82, 2.24) is 10.2 Å². The van der Waals surface area contributed by atoms with Gasteiger partial charge in [-0.3, -0.25) is 13.9 Å². The van der Waals surface area contributed by atoms with Crippen molar-refractivity contribution in [3.8, 4) is 0 Å². The Morgan fingerprint density at radius 3 is 2.20 bits per heavy atom. The first-order valence-electron chi connectivity index (χ1n) is 12.7. The molecule has 0 fully saturated rings. The third-order valence-electron chi connectivity index (χ3n) is 6.47. The predicted molar refractivity (Wildman–Crippen MR) is 162 cm³/mol. The zero-order valence-electron chi connectivity index (χ0n) is 22.7. The largest absolute Gasteiger partial charge is 0.352 e. The highest BCUT2D eigenvalue weighted by molar-refractivity contribution is 7.92. The second-order valence-corrected chi connectivity index (χ2v) is 12.7. The SMILES string of the molecule is CC[C@H](C)NC(=O)[C@@H](C)N(Cc1cccc(Cl)c1)C(=O)CN(c1cc(Cl)ccc1Cl)S(=O)(=O)c1ccc(C)cc1. The Hall–Kier alpha value is -2.78. The summed E-state index contributed by atoms with van der Waals surface area (Å²) in [5.41, 5.74) is 1.59. The van der Waals surface area contributed by atoms with Crippen molar-refractivity contribution in [1.29, 1.82) is 0 Å². The first-order chi connectivity index (χ1) is 18.8. The highest BCUT2D eigenvalue weighted by Crippen LogP contribution is 2.33. The van der Waals surface area contributed by atoms with Crippen molar-refractivity contribution < 1.29 is 18.0 Å². The summed E-state index contributed by atoms with van der Waals surface area (Å²) in [4.78, 5) is 28.4. The van der Waals surface area contributed by atoms with E-state index in [1.807, 2.05) is 20.8 Å². The Balaban J connectivity index is 2.07. The molecule has 0 aliphatic carbocycles. The Labute approximate surface area is 251 Å². The zero-order chi connectivity index (χ0) is 29.6. The zero-order valence-corrected chi connectivity index (χ0v) is 25.8. The smallest absolute Gasteiger partial charge is 0.264 e. The van der Waals surface area contributed by atoms with E-state index in [1.54, 1.807) is 43.3 Å². The third kappa shape index (κ3) is 7.91. The number of carbonyl (C=O) groups is 2. The van der Waals surface area contributed by atoms with Crippen LogP contribution in [0.25, 0.3) is 0 Å². The molecule has 2 atom stereocenters. The van der Waals surface area contributed by atoms with Gasteiger partial charge in [-0.15, -0.1) is 0 Å². The Bertz CT molecular complexity index is 1470. The number of hydrogen-bond acceptors (Lipinski definition) is 4. The fourth-order valence-corrected chi connectivity index (χ4v) is 5.98. The number of benzene rings is 3. The summed E-state index contributed by atoms with van der Waals surface area (Å²) in [5, 5.41) is 3.70. The van der Waals surface area contributed by atoms with Gasteiger partial charge in [-0.05, 0) is 75.2 Å². The summed E-state index contributed by atoms with van der Waals surface area (Å²) in [6.45, 7) is 6.64. The highest BCUT2D eigenvalue weighted by atomic mass is 35.5. The van der Waals surface area contributed by atoms with Gasteiger partial charge >= 0.3 is 0 Å². The summed E-state index contributed by atoms with van der Waals surface area (Å²) in [6.07, 6.45) is 0.705. The molecule has 0 radical (unpaired) electrons. The number of hydrogen-bond donors (Lipinski definition) is 1.